The number of carbonyl (C=O) groups excluding carboxylic acids is 1. The van der Waals surface area contributed by atoms with Crippen molar-refractivity contribution in [2.75, 3.05) is 31.8 Å². The van der Waals surface area contributed by atoms with Gasteiger partial charge in [0.2, 0.25) is 5.91 Å². The molecule has 2 aliphatic rings. The van der Waals surface area contributed by atoms with Gasteiger partial charge in [0.25, 0.3) is 10.2 Å². The van der Waals surface area contributed by atoms with Gasteiger partial charge in [-0.05, 0) is 12.8 Å². The van der Waals surface area contributed by atoms with Crippen molar-refractivity contribution in [2.24, 2.45) is 0 Å². The number of likely N-dealkylation sites (N-methyl/N-ethyl adjacent to an activating group) is 1. The predicted molar refractivity (Wildman–Crippen MR) is 80.6 cm³/mol. The largest absolute Gasteiger partial charge is 0.341 e. The van der Waals surface area contributed by atoms with E-state index in [0.717, 1.165) is 12.8 Å². The van der Waals surface area contributed by atoms with Crippen LogP contribution in [0.3, 0.4) is 0 Å². The first-order valence-corrected chi connectivity index (χ1v) is 9.60. The van der Waals surface area contributed by atoms with Gasteiger partial charge in [-0.3, -0.25) is 4.79 Å². The summed E-state index contributed by atoms with van der Waals surface area (Å²) in [5.41, 5.74) is 0. The Bertz CT molecular complexity index is 461. The molecule has 0 aromatic rings. The minimum absolute atomic E-state index is 0.0618. The molecule has 8 heteroatoms. The summed E-state index contributed by atoms with van der Waals surface area (Å²) < 4.78 is 28.0. The lowest BCUT2D eigenvalue weighted by atomic mass is 10.3. The zero-order valence-corrected chi connectivity index (χ0v) is 13.9. The third-order valence-corrected chi connectivity index (χ3v) is 7.22. The molecule has 0 bridgehead atoms. The fourth-order valence-corrected chi connectivity index (χ4v) is 5.72. The van der Waals surface area contributed by atoms with Crippen LogP contribution in [-0.2, 0) is 15.0 Å². The molecule has 2 rings (SSSR count). The van der Waals surface area contributed by atoms with E-state index >= 15 is 0 Å². The molecule has 1 amide bonds. The molecule has 0 spiro atoms. The Morgan fingerprint density at radius 1 is 1.30 bits per heavy atom. The quantitative estimate of drug-likeness (QED) is 0.717. The minimum Gasteiger partial charge on any atom is -0.341 e. The molecule has 20 heavy (non-hydrogen) atoms. The van der Waals surface area contributed by atoms with Crippen LogP contribution in [0, 0.1) is 0 Å². The highest BCUT2D eigenvalue weighted by Gasteiger charge is 2.44. The molecular formula is C12H23N3O3S2. The molecular weight excluding hydrogens is 298 g/mol. The van der Waals surface area contributed by atoms with Gasteiger partial charge in [0, 0.05) is 31.9 Å². The third kappa shape index (κ3) is 2.98. The predicted octanol–water partition coefficient (Wildman–Crippen LogP) is 0.569. The number of nitrogens with zero attached hydrogens (tertiary/aromatic N) is 3. The van der Waals surface area contributed by atoms with Crippen LogP contribution in [0.15, 0.2) is 0 Å². The Labute approximate surface area is 125 Å². The first kappa shape index (κ1) is 16.1. The van der Waals surface area contributed by atoms with Crippen LogP contribution in [0.2, 0.25) is 0 Å². The van der Waals surface area contributed by atoms with Crippen molar-refractivity contribution in [3.63, 3.8) is 0 Å². The molecule has 1 saturated heterocycles. The average Bonchev–Trinajstić information content (AvgIpc) is 3.14. The second kappa shape index (κ2) is 6.21. The molecule has 0 radical (unpaired) electrons. The normalized spacial score (nSPS) is 24.3. The van der Waals surface area contributed by atoms with E-state index in [1.165, 1.54) is 20.4 Å². The number of hydrogen-bond acceptors (Lipinski definition) is 4. The highest BCUT2D eigenvalue weighted by atomic mass is 32.2. The van der Waals surface area contributed by atoms with E-state index in [0.29, 0.717) is 30.8 Å². The van der Waals surface area contributed by atoms with Crippen molar-refractivity contribution in [2.45, 2.75) is 38.8 Å². The molecule has 2 fully saturated rings. The Morgan fingerprint density at radius 3 is 2.40 bits per heavy atom. The van der Waals surface area contributed by atoms with E-state index < -0.39 is 16.3 Å². The van der Waals surface area contributed by atoms with Gasteiger partial charge in [-0.2, -0.15) is 17.0 Å². The van der Waals surface area contributed by atoms with Crippen molar-refractivity contribution in [1.82, 2.24) is 13.5 Å². The van der Waals surface area contributed by atoms with Gasteiger partial charge in [0.05, 0.1) is 5.88 Å². The minimum atomic E-state index is -3.54. The van der Waals surface area contributed by atoms with Gasteiger partial charge in [0.15, 0.2) is 0 Å². The molecule has 1 aliphatic carbocycles. The van der Waals surface area contributed by atoms with Crippen LogP contribution in [-0.4, -0.2) is 71.7 Å². The molecule has 1 saturated carbocycles. The van der Waals surface area contributed by atoms with E-state index in [2.05, 4.69) is 0 Å². The Kier molecular flexibility index (Phi) is 4.99. The summed E-state index contributed by atoms with van der Waals surface area (Å²) in [5, 5.41) is 0. The van der Waals surface area contributed by atoms with Crippen molar-refractivity contribution in [1.29, 1.82) is 0 Å². The number of amides is 1. The highest BCUT2D eigenvalue weighted by Crippen LogP contribution is 2.31. The zero-order valence-electron chi connectivity index (χ0n) is 12.3. The number of hydrogen-bond donors (Lipinski definition) is 0. The van der Waals surface area contributed by atoms with Crippen LogP contribution in [0.25, 0.3) is 0 Å². The van der Waals surface area contributed by atoms with E-state index in [9.17, 15) is 13.2 Å². The summed E-state index contributed by atoms with van der Waals surface area (Å²) in [6.45, 7) is 4.49. The first-order chi connectivity index (χ1) is 9.43. The number of carbonyl (C=O) groups is 1. The summed E-state index contributed by atoms with van der Waals surface area (Å²) in [6.07, 6.45) is 2.07. The molecule has 6 nitrogen and oxygen atoms in total. The van der Waals surface area contributed by atoms with E-state index in [4.69, 9.17) is 0 Å². The lowest BCUT2D eigenvalue weighted by molar-refractivity contribution is -0.133. The molecule has 0 N–H and O–H groups in total. The van der Waals surface area contributed by atoms with Gasteiger partial charge in [0.1, 0.15) is 6.04 Å². The molecule has 1 aliphatic heterocycles. The second-order valence-electron chi connectivity index (χ2n) is 5.18. The summed E-state index contributed by atoms with van der Waals surface area (Å²) in [4.78, 5) is 14.2. The van der Waals surface area contributed by atoms with Crippen LogP contribution < -0.4 is 0 Å². The maximum absolute atomic E-state index is 12.6. The van der Waals surface area contributed by atoms with Gasteiger partial charge < -0.3 is 4.90 Å². The molecule has 116 valence electrons. The van der Waals surface area contributed by atoms with Gasteiger partial charge >= 0.3 is 0 Å². The molecule has 1 heterocycles. The molecule has 0 unspecified atom stereocenters. The fourth-order valence-electron chi connectivity index (χ4n) is 2.42. The van der Waals surface area contributed by atoms with Crippen LogP contribution in [0.5, 0.6) is 0 Å². The lowest BCUT2D eigenvalue weighted by Gasteiger charge is -2.30. The zero-order chi connectivity index (χ0) is 14.9. The molecule has 1 atom stereocenters. The number of rotatable bonds is 6. The topological polar surface area (TPSA) is 60.9 Å². The van der Waals surface area contributed by atoms with Crippen LogP contribution >= 0.6 is 11.8 Å². The summed E-state index contributed by atoms with van der Waals surface area (Å²) >= 11 is 1.51. The highest BCUT2D eigenvalue weighted by molar-refractivity contribution is 8.00. The van der Waals surface area contributed by atoms with E-state index in [1.807, 2.05) is 13.8 Å². The first-order valence-electron chi connectivity index (χ1n) is 7.04. The third-order valence-electron chi connectivity index (χ3n) is 3.90. The standard InChI is InChI=1S/C12H23N3O3S2/c1-4-14(5-2)20(17,18)15-9-19-8-11(15)12(16)13(3)10-6-7-10/h10-11H,4-9H2,1-3H3/t11-/m1/s1. The summed E-state index contributed by atoms with van der Waals surface area (Å²) in [5.74, 6) is 0.859. The van der Waals surface area contributed by atoms with Gasteiger partial charge in [-0.1, -0.05) is 13.8 Å². The Hall–Kier alpha value is -0.310. The van der Waals surface area contributed by atoms with E-state index in [1.54, 1.807) is 11.9 Å². The van der Waals surface area contributed by atoms with Crippen LogP contribution in [0.1, 0.15) is 26.7 Å². The lowest BCUT2D eigenvalue weighted by Crippen LogP contribution is -2.52. The maximum atomic E-state index is 12.6. The van der Waals surface area contributed by atoms with Crippen molar-refractivity contribution < 1.29 is 13.2 Å². The van der Waals surface area contributed by atoms with Crippen molar-refractivity contribution in [3.05, 3.63) is 0 Å². The SMILES string of the molecule is CCN(CC)S(=O)(=O)N1CSC[C@@H]1C(=O)N(C)C1CC1. The number of thioether (sulfide) groups is 1. The Balaban J connectivity index is 2.16. The molecule has 0 aromatic carbocycles. The second-order valence-corrected chi connectivity index (χ2v) is 8.06. The maximum Gasteiger partial charge on any atom is 0.283 e. The van der Waals surface area contributed by atoms with Crippen molar-refractivity contribution >= 4 is 27.9 Å². The van der Waals surface area contributed by atoms with Gasteiger partial charge in [-0.15, -0.1) is 11.8 Å². The Morgan fingerprint density at radius 2 is 1.90 bits per heavy atom. The monoisotopic (exact) mass is 321 g/mol. The summed E-state index contributed by atoms with van der Waals surface area (Å²) in [6, 6.07) is -0.234. The average molecular weight is 321 g/mol. The van der Waals surface area contributed by atoms with Gasteiger partial charge in [-0.25, -0.2) is 0 Å². The molecule has 0 aromatic heterocycles. The smallest absolute Gasteiger partial charge is 0.283 e. The fraction of sp³-hybridized carbons (Fsp3) is 0.917. The van der Waals surface area contributed by atoms with Crippen LogP contribution in [0.4, 0.5) is 0 Å². The van der Waals surface area contributed by atoms with Crippen molar-refractivity contribution in [3.8, 4) is 0 Å². The van der Waals surface area contributed by atoms with E-state index in [-0.39, 0.29) is 5.91 Å². The summed E-state index contributed by atoms with van der Waals surface area (Å²) in [7, 11) is -1.75.